The topological polar surface area (TPSA) is 43.8 Å². The van der Waals surface area contributed by atoms with Gasteiger partial charge >= 0.3 is 0 Å². The zero-order chi connectivity index (χ0) is 11.8. The van der Waals surface area contributed by atoms with Gasteiger partial charge in [-0.15, -0.1) is 0 Å². The monoisotopic (exact) mass is 231 g/mol. The smallest absolute Gasteiger partial charge is 0.143 e. The highest BCUT2D eigenvalue weighted by Crippen LogP contribution is 2.38. The van der Waals surface area contributed by atoms with Crippen molar-refractivity contribution in [2.75, 3.05) is 0 Å². The molecular weight excluding hydrogens is 217 g/mol. The Morgan fingerprint density at radius 3 is 2.76 bits per heavy atom. The SMILES string of the molecule is NCc1cn(C2CC2)c(-c2ccccc2F)n1. The van der Waals surface area contributed by atoms with E-state index in [0.717, 1.165) is 18.5 Å². The van der Waals surface area contributed by atoms with Crippen molar-refractivity contribution in [3.05, 3.63) is 42.0 Å². The van der Waals surface area contributed by atoms with E-state index >= 15 is 0 Å². The second-order valence-corrected chi connectivity index (χ2v) is 4.38. The molecule has 3 nitrogen and oxygen atoms in total. The largest absolute Gasteiger partial charge is 0.327 e. The lowest BCUT2D eigenvalue weighted by molar-refractivity contribution is 0.626. The number of hydrogen-bond acceptors (Lipinski definition) is 2. The van der Waals surface area contributed by atoms with Crippen LogP contribution in [0.5, 0.6) is 0 Å². The average Bonchev–Trinajstić information content (AvgIpc) is 3.10. The Morgan fingerprint density at radius 2 is 2.12 bits per heavy atom. The van der Waals surface area contributed by atoms with Crippen LogP contribution in [-0.2, 0) is 6.54 Å². The summed E-state index contributed by atoms with van der Waals surface area (Å²) in [4.78, 5) is 4.42. The lowest BCUT2D eigenvalue weighted by Crippen LogP contribution is -1.97. The van der Waals surface area contributed by atoms with Crippen molar-refractivity contribution >= 4 is 0 Å². The van der Waals surface area contributed by atoms with Crippen LogP contribution >= 0.6 is 0 Å². The number of nitrogens with zero attached hydrogens (tertiary/aromatic N) is 2. The van der Waals surface area contributed by atoms with Gasteiger partial charge in [-0.1, -0.05) is 12.1 Å². The first kappa shape index (κ1) is 10.5. The van der Waals surface area contributed by atoms with Crippen LogP contribution < -0.4 is 5.73 Å². The van der Waals surface area contributed by atoms with Crippen LogP contribution in [0.25, 0.3) is 11.4 Å². The third-order valence-electron chi connectivity index (χ3n) is 3.05. The minimum Gasteiger partial charge on any atom is -0.327 e. The first-order chi connectivity index (χ1) is 8.29. The first-order valence-electron chi connectivity index (χ1n) is 5.82. The Labute approximate surface area is 99.1 Å². The summed E-state index contributed by atoms with van der Waals surface area (Å²) in [7, 11) is 0. The summed E-state index contributed by atoms with van der Waals surface area (Å²) in [5, 5.41) is 0. The number of aromatic nitrogens is 2. The fourth-order valence-corrected chi connectivity index (χ4v) is 2.02. The van der Waals surface area contributed by atoms with E-state index in [1.54, 1.807) is 12.1 Å². The molecule has 0 amide bonds. The van der Waals surface area contributed by atoms with Gasteiger partial charge in [-0.2, -0.15) is 0 Å². The van der Waals surface area contributed by atoms with Crippen molar-refractivity contribution in [1.82, 2.24) is 9.55 Å². The van der Waals surface area contributed by atoms with Gasteiger partial charge in [0.05, 0.1) is 11.3 Å². The van der Waals surface area contributed by atoms with Crippen LogP contribution in [0.4, 0.5) is 4.39 Å². The van der Waals surface area contributed by atoms with E-state index in [1.807, 2.05) is 12.3 Å². The molecule has 0 unspecified atom stereocenters. The summed E-state index contributed by atoms with van der Waals surface area (Å²) in [5.74, 6) is 0.467. The van der Waals surface area contributed by atoms with Gasteiger partial charge in [-0.05, 0) is 25.0 Å². The Morgan fingerprint density at radius 1 is 1.35 bits per heavy atom. The molecule has 0 radical (unpaired) electrons. The molecule has 88 valence electrons. The molecule has 1 aliphatic carbocycles. The molecule has 1 aliphatic rings. The van der Waals surface area contributed by atoms with E-state index in [4.69, 9.17) is 5.73 Å². The molecule has 1 aromatic carbocycles. The Bertz CT molecular complexity index is 543. The van der Waals surface area contributed by atoms with Crippen molar-refractivity contribution < 1.29 is 4.39 Å². The minimum atomic E-state index is -0.233. The van der Waals surface area contributed by atoms with Crippen LogP contribution in [0.2, 0.25) is 0 Å². The second kappa shape index (κ2) is 3.96. The van der Waals surface area contributed by atoms with Gasteiger partial charge in [0.1, 0.15) is 11.6 Å². The number of benzene rings is 1. The van der Waals surface area contributed by atoms with Crippen LogP contribution in [0.15, 0.2) is 30.5 Å². The van der Waals surface area contributed by atoms with Gasteiger partial charge in [0.15, 0.2) is 0 Å². The predicted molar refractivity (Wildman–Crippen MR) is 63.8 cm³/mol. The molecule has 0 spiro atoms. The van der Waals surface area contributed by atoms with Crippen molar-refractivity contribution in [2.45, 2.75) is 25.4 Å². The minimum absolute atomic E-state index is 0.233. The molecule has 1 aromatic heterocycles. The van der Waals surface area contributed by atoms with Crippen LogP contribution in [0.1, 0.15) is 24.6 Å². The van der Waals surface area contributed by atoms with Gasteiger partial charge in [-0.3, -0.25) is 0 Å². The van der Waals surface area contributed by atoms with Crippen molar-refractivity contribution in [3.8, 4) is 11.4 Å². The summed E-state index contributed by atoms with van der Waals surface area (Å²) in [5.41, 5.74) is 6.97. The molecule has 2 aromatic rings. The zero-order valence-corrected chi connectivity index (χ0v) is 9.44. The van der Waals surface area contributed by atoms with Gasteiger partial charge in [0.2, 0.25) is 0 Å². The summed E-state index contributed by atoms with van der Waals surface area (Å²) in [6.07, 6.45) is 4.23. The molecule has 0 bridgehead atoms. The van der Waals surface area contributed by atoms with E-state index in [1.165, 1.54) is 6.07 Å². The molecule has 0 atom stereocenters. The third-order valence-corrected chi connectivity index (χ3v) is 3.05. The van der Waals surface area contributed by atoms with Crippen molar-refractivity contribution in [2.24, 2.45) is 5.73 Å². The second-order valence-electron chi connectivity index (χ2n) is 4.38. The molecule has 0 aliphatic heterocycles. The Balaban J connectivity index is 2.12. The van der Waals surface area contributed by atoms with Crippen LogP contribution in [0, 0.1) is 5.82 Å². The zero-order valence-electron chi connectivity index (χ0n) is 9.44. The summed E-state index contributed by atoms with van der Waals surface area (Å²) >= 11 is 0. The fraction of sp³-hybridized carbons (Fsp3) is 0.308. The number of hydrogen-bond donors (Lipinski definition) is 1. The van der Waals surface area contributed by atoms with E-state index in [0.29, 0.717) is 24.0 Å². The molecule has 1 fully saturated rings. The number of rotatable bonds is 3. The predicted octanol–water partition coefficient (Wildman–Crippen LogP) is 2.48. The average molecular weight is 231 g/mol. The molecular formula is C13H14FN3. The summed E-state index contributed by atoms with van der Waals surface area (Å²) < 4.78 is 15.8. The summed E-state index contributed by atoms with van der Waals surface area (Å²) in [6, 6.07) is 7.21. The Hall–Kier alpha value is -1.68. The molecule has 1 heterocycles. The number of halogens is 1. The van der Waals surface area contributed by atoms with Crippen LogP contribution in [-0.4, -0.2) is 9.55 Å². The van der Waals surface area contributed by atoms with Crippen molar-refractivity contribution in [1.29, 1.82) is 0 Å². The van der Waals surface area contributed by atoms with E-state index in [2.05, 4.69) is 9.55 Å². The van der Waals surface area contributed by atoms with Gasteiger partial charge in [0, 0.05) is 18.8 Å². The standard InChI is InChI=1S/C13H14FN3/c14-12-4-2-1-3-11(12)13-16-9(7-15)8-17(13)10-5-6-10/h1-4,8,10H,5-7,15H2. The lowest BCUT2D eigenvalue weighted by atomic mass is 10.2. The van der Waals surface area contributed by atoms with E-state index in [-0.39, 0.29) is 5.82 Å². The quantitative estimate of drug-likeness (QED) is 0.882. The maximum Gasteiger partial charge on any atom is 0.143 e. The van der Waals surface area contributed by atoms with Gasteiger partial charge in [-0.25, -0.2) is 9.37 Å². The number of nitrogens with two attached hydrogens (primary N) is 1. The highest BCUT2D eigenvalue weighted by Gasteiger charge is 2.27. The molecule has 4 heteroatoms. The van der Waals surface area contributed by atoms with Crippen molar-refractivity contribution in [3.63, 3.8) is 0 Å². The lowest BCUT2D eigenvalue weighted by Gasteiger charge is -2.06. The van der Waals surface area contributed by atoms with E-state index in [9.17, 15) is 4.39 Å². The Kier molecular flexibility index (Phi) is 2.44. The summed E-state index contributed by atoms with van der Waals surface area (Å²) in [6.45, 7) is 0.390. The molecule has 0 saturated heterocycles. The van der Waals surface area contributed by atoms with Crippen LogP contribution in [0.3, 0.4) is 0 Å². The first-order valence-corrected chi connectivity index (χ1v) is 5.82. The molecule has 1 saturated carbocycles. The normalized spacial score (nSPS) is 15.2. The maximum absolute atomic E-state index is 13.8. The maximum atomic E-state index is 13.8. The highest BCUT2D eigenvalue weighted by atomic mass is 19.1. The third kappa shape index (κ3) is 1.85. The van der Waals surface area contributed by atoms with Gasteiger partial charge < -0.3 is 10.3 Å². The molecule has 2 N–H and O–H groups in total. The molecule has 3 rings (SSSR count). The number of imidazole rings is 1. The fourth-order valence-electron chi connectivity index (χ4n) is 2.02. The van der Waals surface area contributed by atoms with E-state index < -0.39 is 0 Å². The van der Waals surface area contributed by atoms with Gasteiger partial charge in [0.25, 0.3) is 0 Å². The highest BCUT2D eigenvalue weighted by molar-refractivity contribution is 5.57. The molecule has 17 heavy (non-hydrogen) atoms.